The minimum absolute atomic E-state index is 0.0680. The fraction of sp³-hybridized carbons (Fsp3) is 0.600. The summed E-state index contributed by atoms with van der Waals surface area (Å²) in [6.07, 6.45) is 0.559. The highest BCUT2D eigenvalue weighted by molar-refractivity contribution is 5.31. The largest absolute Gasteiger partial charge is 0.494 e. The third-order valence-electron chi connectivity index (χ3n) is 2.97. The molecule has 1 rings (SSSR count). The Hall–Kier alpha value is -1.17. The van der Waals surface area contributed by atoms with E-state index in [0.29, 0.717) is 31.8 Å². The lowest BCUT2D eigenvalue weighted by Gasteiger charge is -2.19. The van der Waals surface area contributed by atoms with Crippen molar-refractivity contribution < 1.29 is 18.6 Å². The standard InChI is InChI=1S/C15H24FNO3/c1-4-17-13(11-20-9-8-18-2)10-12-6-5-7-14(19-3)15(12)16/h5-7,13,17H,4,8-11H2,1-3H3. The van der Waals surface area contributed by atoms with E-state index in [4.69, 9.17) is 14.2 Å². The first-order valence-electron chi connectivity index (χ1n) is 6.84. The molecule has 114 valence electrons. The van der Waals surface area contributed by atoms with Gasteiger partial charge in [0.1, 0.15) is 0 Å². The fourth-order valence-electron chi connectivity index (χ4n) is 1.98. The first-order valence-corrected chi connectivity index (χ1v) is 6.84. The summed E-state index contributed by atoms with van der Waals surface area (Å²) in [7, 11) is 3.11. The Balaban J connectivity index is 2.60. The first kappa shape index (κ1) is 16.9. The summed E-state index contributed by atoms with van der Waals surface area (Å²) in [5.41, 5.74) is 0.630. The molecule has 0 saturated heterocycles. The third kappa shape index (κ3) is 5.45. The van der Waals surface area contributed by atoms with Crippen molar-refractivity contribution in [2.24, 2.45) is 0 Å². The average Bonchev–Trinajstić information content (AvgIpc) is 2.46. The Bertz CT molecular complexity index is 387. The van der Waals surface area contributed by atoms with Crippen LogP contribution in [0.1, 0.15) is 12.5 Å². The third-order valence-corrected chi connectivity index (χ3v) is 2.97. The normalized spacial score (nSPS) is 12.4. The molecule has 1 aromatic rings. The van der Waals surface area contributed by atoms with Crippen LogP contribution in [-0.4, -0.2) is 46.6 Å². The minimum atomic E-state index is -0.296. The number of hydrogen-bond acceptors (Lipinski definition) is 4. The summed E-state index contributed by atoms with van der Waals surface area (Å²) in [4.78, 5) is 0. The summed E-state index contributed by atoms with van der Waals surface area (Å²) in [6.45, 7) is 4.45. The quantitative estimate of drug-likeness (QED) is 0.668. The number of hydrogen-bond donors (Lipinski definition) is 1. The van der Waals surface area contributed by atoms with Gasteiger partial charge in [-0.2, -0.15) is 0 Å². The summed E-state index contributed by atoms with van der Waals surface area (Å²) >= 11 is 0. The Morgan fingerprint density at radius 2 is 2.05 bits per heavy atom. The monoisotopic (exact) mass is 285 g/mol. The van der Waals surface area contributed by atoms with Crippen LogP contribution in [0.25, 0.3) is 0 Å². The predicted molar refractivity (Wildman–Crippen MR) is 76.8 cm³/mol. The molecule has 4 nitrogen and oxygen atoms in total. The van der Waals surface area contributed by atoms with Gasteiger partial charge in [0.25, 0.3) is 0 Å². The molecule has 0 aliphatic rings. The second-order valence-corrected chi connectivity index (χ2v) is 4.46. The molecule has 1 atom stereocenters. The molecular weight excluding hydrogens is 261 g/mol. The van der Waals surface area contributed by atoms with Gasteiger partial charge in [0, 0.05) is 13.2 Å². The molecule has 20 heavy (non-hydrogen) atoms. The maximum atomic E-state index is 14.1. The molecule has 1 aromatic carbocycles. The van der Waals surface area contributed by atoms with Gasteiger partial charge in [-0.05, 0) is 24.6 Å². The topological polar surface area (TPSA) is 39.7 Å². The predicted octanol–water partition coefficient (Wildman–Crippen LogP) is 2.02. The molecule has 0 radical (unpaired) electrons. The molecule has 0 aliphatic heterocycles. The number of rotatable bonds is 10. The second kappa shape index (κ2) is 9.69. The lowest BCUT2D eigenvalue weighted by Crippen LogP contribution is -2.36. The Morgan fingerprint density at radius 1 is 1.25 bits per heavy atom. The summed E-state index contributed by atoms with van der Waals surface area (Å²) in [5, 5.41) is 3.30. The van der Waals surface area contributed by atoms with E-state index in [1.54, 1.807) is 25.3 Å². The van der Waals surface area contributed by atoms with Crippen molar-refractivity contribution in [1.29, 1.82) is 0 Å². The molecule has 0 saturated carbocycles. The van der Waals surface area contributed by atoms with Gasteiger partial charge in [-0.15, -0.1) is 0 Å². The van der Waals surface area contributed by atoms with Crippen molar-refractivity contribution in [3.8, 4) is 5.75 Å². The number of methoxy groups -OCH3 is 2. The Morgan fingerprint density at radius 3 is 2.70 bits per heavy atom. The Labute approximate surface area is 120 Å². The van der Waals surface area contributed by atoms with E-state index in [-0.39, 0.29) is 17.6 Å². The second-order valence-electron chi connectivity index (χ2n) is 4.46. The van der Waals surface area contributed by atoms with Gasteiger partial charge in [-0.3, -0.25) is 0 Å². The number of ether oxygens (including phenoxy) is 3. The van der Waals surface area contributed by atoms with Crippen LogP contribution in [0.3, 0.4) is 0 Å². The van der Waals surface area contributed by atoms with Crippen molar-refractivity contribution in [3.05, 3.63) is 29.6 Å². The molecule has 1 N–H and O–H groups in total. The SMILES string of the molecule is CCNC(COCCOC)Cc1cccc(OC)c1F. The van der Waals surface area contributed by atoms with E-state index < -0.39 is 0 Å². The summed E-state index contributed by atoms with van der Waals surface area (Å²) < 4.78 is 29.5. The summed E-state index contributed by atoms with van der Waals surface area (Å²) in [5.74, 6) is -0.0205. The van der Waals surface area contributed by atoms with E-state index in [9.17, 15) is 4.39 Å². The van der Waals surface area contributed by atoms with Crippen LogP contribution in [0.15, 0.2) is 18.2 Å². The van der Waals surface area contributed by atoms with E-state index in [2.05, 4.69) is 5.32 Å². The zero-order valence-electron chi connectivity index (χ0n) is 12.4. The molecule has 0 bridgehead atoms. The molecular formula is C15H24FNO3. The highest BCUT2D eigenvalue weighted by atomic mass is 19.1. The van der Waals surface area contributed by atoms with Gasteiger partial charge in [-0.1, -0.05) is 19.1 Å². The van der Waals surface area contributed by atoms with Crippen molar-refractivity contribution in [2.75, 3.05) is 40.6 Å². The lowest BCUT2D eigenvalue weighted by molar-refractivity contribution is 0.0588. The van der Waals surface area contributed by atoms with Crippen LogP contribution in [0, 0.1) is 5.82 Å². The van der Waals surface area contributed by atoms with Crippen LogP contribution >= 0.6 is 0 Å². The van der Waals surface area contributed by atoms with Crippen molar-refractivity contribution >= 4 is 0 Å². The van der Waals surface area contributed by atoms with E-state index in [0.717, 1.165) is 6.54 Å². The highest BCUT2D eigenvalue weighted by Crippen LogP contribution is 2.21. The molecule has 5 heteroatoms. The molecule has 0 amide bonds. The smallest absolute Gasteiger partial charge is 0.168 e. The summed E-state index contributed by atoms with van der Waals surface area (Å²) in [6, 6.07) is 5.26. The first-order chi connectivity index (χ1) is 9.72. The fourth-order valence-corrected chi connectivity index (χ4v) is 1.98. The van der Waals surface area contributed by atoms with Crippen molar-refractivity contribution in [3.63, 3.8) is 0 Å². The maximum absolute atomic E-state index is 14.1. The van der Waals surface area contributed by atoms with Gasteiger partial charge in [0.05, 0.1) is 26.9 Å². The minimum Gasteiger partial charge on any atom is -0.494 e. The average molecular weight is 285 g/mol. The molecule has 0 fully saturated rings. The lowest BCUT2D eigenvalue weighted by atomic mass is 10.1. The van der Waals surface area contributed by atoms with Gasteiger partial charge in [-0.25, -0.2) is 4.39 Å². The van der Waals surface area contributed by atoms with Gasteiger partial charge in [0.2, 0.25) is 0 Å². The molecule has 1 unspecified atom stereocenters. The molecule has 0 heterocycles. The number of nitrogens with one attached hydrogen (secondary N) is 1. The maximum Gasteiger partial charge on any atom is 0.168 e. The Kier molecular flexibility index (Phi) is 8.18. The van der Waals surface area contributed by atoms with E-state index in [1.165, 1.54) is 7.11 Å². The molecule has 0 spiro atoms. The number of benzene rings is 1. The number of likely N-dealkylation sites (N-methyl/N-ethyl adjacent to an activating group) is 1. The van der Waals surface area contributed by atoms with Crippen LogP contribution in [0.5, 0.6) is 5.75 Å². The van der Waals surface area contributed by atoms with Crippen molar-refractivity contribution in [1.82, 2.24) is 5.32 Å². The number of halogens is 1. The zero-order valence-corrected chi connectivity index (χ0v) is 12.4. The van der Waals surface area contributed by atoms with Gasteiger partial charge < -0.3 is 19.5 Å². The van der Waals surface area contributed by atoms with Crippen LogP contribution in [0.4, 0.5) is 4.39 Å². The van der Waals surface area contributed by atoms with Crippen LogP contribution in [0.2, 0.25) is 0 Å². The molecule has 0 aromatic heterocycles. The van der Waals surface area contributed by atoms with Gasteiger partial charge in [0.15, 0.2) is 11.6 Å². The van der Waals surface area contributed by atoms with Crippen molar-refractivity contribution in [2.45, 2.75) is 19.4 Å². The van der Waals surface area contributed by atoms with Gasteiger partial charge >= 0.3 is 0 Å². The molecule has 0 aliphatic carbocycles. The van der Waals surface area contributed by atoms with E-state index in [1.807, 2.05) is 6.92 Å². The highest BCUT2D eigenvalue weighted by Gasteiger charge is 2.14. The van der Waals surface area contributed by atoms with E-state index >= 15 is 0 Å². The van der Waals surface area contributed by atoms with Crippen LogP contribution in [-0.2, 0) is 15.9 Å². The zero-order chi connectivity index (χ0) is 14.8. The van der Waals surface area contributed by atoms with Crippen LogP contribution < -0.4 is 10.1 Å².